The second kappa shape index (κ2) is 4.47. The van der Waals surface area contributed by atoms with Gasteiger partial charge in [-0.15, -0.1) is 0 Å². The van der Waals surface area contributed by atoms with E-state index in [1.807, 2.05) is 0 Å². The van der Waals surface area contributed by atoms with E-state index < -0.39 is 11.9 Å². The van der Waals surface area contributed by atoms with Gasteiger partial charge in [-0.25, -0.2) is 0 Å². The molecule has 1 amide bonds. The van der Waals surface area contributed by atoms with Crippen LogP contribution in [0.25, 0.3) is 0 Å². The van der Waals surface area contributed by atoms with Gasteiger partial charge < -0.3 is 10.2 Å². The molecular formula is C11H12F3N3O. The molecule has 1 aliphatic rings. The van der Waals surface area contributed by atoms with Crippen LogP contribution in [-0.2, 0) is 11.0 Å². The Morgan fingerprint density at radius 2 is 2.17 bits per heavy atom. The molecular weight excluding hydrogens is 247 g/mol. The zero-order valence-electron chi connectivity index (χ0n) is 9.66. The van der Waals surface area contributed by atoms with E-state index in [0.29, 0.717) is 18.8 Å². The number of anilines is 1. The van der Waals surface area contributed by atoms with Gasteiger partial charge in [0.05, 0.1) is 5.92 Å². The van der Waals surface area contributed by atoms with Crippen LogP contribution in [0.2, 0.25) is 0 Å². The quantitative estimate of drug-likeness (QED) is 0.870. The van der Waals surface area contributed by atoms with E-state index in [9.17, 15) is 18.0 Å². The van der Waals surface area contributed by atoms with Gasteiger partial charge in [0.2, 0.25) is 5.91 Å². The molecule has 4 nitrogen and oxygen atoms in total. The lowest BCUT2D eigenvalue weighted by atomic mass is 9.98. The molecule has 0 atom stereocenters. The largest absolute Gasteiger partial charge is 0.433 e. The van der Waals surface area contributed by atoms with E-state index in [-0.39, 0.29) is 11.8 Å². The summed E-state index contributed by atoms with van der Waals surface area (Å²) in [6, 6.07) is 2.51. The molecule has 2 rings (SSSR count). The number of carbonyl (C=O) groups is 1. The van der Waals surface area contributed by atoms with Crippen LogP contribution in [0.3, 0.4) is 0 Å². The first-order valence-electron chi connectivity index (χ1n) is 5.41. The highest BCUT2D eigenvalue weighted by molar-refractivity contribution is 5.81. The van der Waals surface area contributed by atoms with Crippen LogP contribution >= 0.6 is 0 Å². The second-order valence-corrected chi connectivity index (χ2v) is 4.11. The third kappa shape index (κ3) is 2.39. The third-order valence-corrected chi connectivity index (χ3v) is 2.90. The Labute approximate surface area is 102 Å². The van der Waals surface area contributed by atoms with Crippen LogP contribution in [0.4, 0.5) is 18.9 Å². The third-order valence-electron chi connectivity index (χ3n) is 2.90. The number of hydrogen-bond donors (Lipinski definition) is 1. The molecule has 1 aromatic heterocycles. The zero-order chi connectivity index (χ0) is 13.3. The number of hydrogen-bond acceptors (Lipinski definition) is 3. The molecule has 98 valence electrons. The van der Waals surface area contributed by atoms with Crippen molar-refractivity contribution in [1.82, 2.24) is 10.3 Å². The number of pyridine rings is 1. The van der Waals surface area contributed by atoms with Crippen LogP contribution in [0.5, 0.6) is 0 Å². The molecule has 18 heavy (non-hydrogen) atoms. The summed E-state index contributed by atoms with van der Waals surface area (Å²) in [5.74, 6) is -0.242. The van der Waals surface area contributed by atoms with Gasteiger partial charge in [-0.3, -0.25) is 9.78 Å². The number of nitrogens with one attached hydrogen (secondary N) is 1. The van der Waals surface area contributed by atoms with Gasteiger partial charge in [-0.1, -0.05) is 0 Å². The van der Waals surface area contributed by atoms with Crippen molar-refractivity contribution in [3.63, 3.8) is 0 Å². The lowest BCUT2D eigenvalue weighted by molar-refractivity contribution is -0.141. The lowest BCUT2D eigenvalue weighted by Gasteiger charge is -2.39. The maximum Gasteiger partial charge on any atom is 0.433 e. The Morgan fingerprint density at radius 3 is 2.72 bits per heavy atom. The summed E-state index contributed by atoms with van der Waals surface area (Å²) in [5, 5.41) is 2.52. The molecule has 0 spiro atoms. The maximum absolute atomic E-state index is 12.5. The number of rotatable bonds is 2. The van der Waals surface area contributed by atoms with E-state index >= 15 is 0 Å². The van der Waals surface area contributed by atoms with Gasteiger partial charge >= 0.3 is 6.18 Å². The van der Waals surface area contributed by atoms with Crippen LogP contribution in [0, 0.1) is 5.92 Å². The number of nitrogens with zero attached hydrogens (tertiary/aromatic N) is 2. The Hall–Kier alpha value is -1.79. The minimum atomic E-state index is -4.44. The maximum atomic E-state index is 12.5. The first-order chi connectivity index (χ1) is 8.41. The molecule has 0 saturated carbocycles. The molecule has 0 aliphatic carbocycles. The fourth-order valence-electron chi connectivity index (χ4n) is 1.83. The van der Waals surface area contributed by atoms with E-state index in [4.69, 9.17) is 0 Å². The first kappa shape index (κ1) is 12.7. The van der Waals surface area contributed by atoms with Gasteiger partial charge in [-0.05, 0) is 12.1 Å². The van der Waals surface area contributed by atoms with Crippen LogP contribution in [0.1, 0.15) is 5.69 Å². The molecule has 1 saturated heterocycles. The Bertz CT molecular complexity index is 455. The highest BCUT2D eigenvalue weighted by atomic mass is 19.4. The molecule has 7 heteroatoms. The van der Waals surface area contributed by atoms with Crippen molar-refractivity contribution >= 4 is 11.6 Å². The van der Waals surface area contributed by atoms with Gasteiger partial charge in [0.25, 0.3) is 0 Å². The molecule has 1 N–H and O–H groups in total. The van der Waals surface area contributed by atoms with Crippen LogP contribution < -0.4 is 10.2 Å². The summed E-state index contributed by atoms with van der Waals surface area (Å²) in [6.07, 6.45) is -3.31. The fourth-order valence-corrected chi connectivity index (χ4v) is 1.83. The first-order valence-corrected chi connectivity index (χ1v) is 5.41. The Kier molecular flexibility index (Phi) is 3.14. The molecule has 1 aliphatic heterocycles. The van der Waals surface area contributed by atoms with Gasteiger partial charge in [0.1, 0.15) is 5.69 Å². The zero-order valence-corrected chi connectivity index (χ0v) is 9.66. The lowest BCUT2D eigenvalue weighted by Crippen LogP contribution is -2.53. The van der Waals surface area contributed by atoms with Crippen molar-refractivity contribution in [3.8, 4) is 0 Å². The molecule has 0 aromatic carbocycles. The summed E-state index contributed by atoms with van der Waals surface area (Å²) < 4.78 is 37.4. The van der Waals surface area contributed by atoms with Crippen molar-refractivity contribution in [2.45, 2.75) is 6.18 Å². The molecule has 1 fully saturated rings. The summed E-state index contributed by atoms with van der Waals surface area (Å²) in [7, 11) is 1.54. The number of carbonyl (C=O) groups excluding carboxylic acids is 1. The van der Waals surface area contributed by atoms with Crippen molar-refractivity contribution < 1.29 is 18.0 Å². The van der Waals surface area contributed by atoms with E-state index in [2.05, 4.69) is 10.3 Å². The minimum Gasteiger partial charge on any atom is -0.370 e. The Balaban J connectivity index is 2.06. The van der Waals surface area contributed by atoms with Crippen molar-refractivity contribution in [2.75, 3.05) is 25.0 Å². The number of halogens is 3. The van der Waals surface area contributed by atoms with Gasteiger partial charge in [0, 0.05) is 32.0 Å². The average Bonchev–Trinajstić information content (AvgIpc) is 2.26. The van der Waals surface area contributed by atoms with E-state index in [1.165, 1.54) is 6.07 Å². The normalized spacial score (nSPS) is 16.3. The fraction of sp³-hybridized carbons (Fsp3) is 0.455. The molecule has 0 unspecified atom stereocenters. The van der Waals surface area contributed by atoms with Crippen LogP contribution in [0.15, 0.2) is 18.3 Å². The summed E-state index contributed by atoms with van der Waals surface area (Å²) in [5.41, 5.74) is -0.471. The number of amides is 1. The van der Waals surface area contributed by atoms with Crippen LogP contribution in [-0.4, -0.2) is 31.0 Å². The summed E-state index contributed by atoms with van der Waals surface area (Å²) in [4.78, 5) is 16.3. The topological polar surface area (TPSA) is 45.2 Å². The smallest absolute Gasteiger partial charge is 0.370 e. The van der Waals surface area contributed by atoms with Gasteiger partial charge in [0.15, 0.2) is 0 Å². The Morgan fingerprint density at radius 1 is 1.50 bits per heavy atom. The second-order valence-electron chi connectivity index (χ2n) is 4.11. The molecule has 1 aromatic rings. The predicted molar refractivity (Wildman–Crippen MR) is 59.0 cm³/mol. The van der Waals surface area contributed by atoms with E-state index in [1.54, 1.807) is 11.9 Å². The highest BCUT2D eigenvalue weighted by Crippen LogP contribution is 2.31. The van der Waals surface area contributed by atoms with Crippen molar-refractivity contribution in [3.05, 3.63) is 24.0 Å². The molecule has 2 heterocycles. The molecule has 0 radical (unpaired) electrons. The summed E-state index contributed by atoms with van der Waals surface area (Å²) in [6.45, 7) is 0.863. The van der Waals surface area contributed by atoms with Gasteiger partial charge in [-0.2, -0.15) is 13.2 Å². The average molecular weight is 259 g/mol. The summed E-state index contributed by atoms with van der Waals surface area (Å²) >= 11 is 0. The standard InChI is InChI=1S/C11H12F3N3O/c1-15-10(18)7-5-17(6-7)8-2-3-16-9(4-8)11(12,13)14/h2-4,7H,5-6H2,1H3,(H,15,18). The highest BCUT2D eigenvalue weighted by Gasteiger charge is 2.35. The SMILES string of the molecule is CNC(=O)C1CN(c2ccnc(C(F)(F)F)c2)C1. The van der Waals surface area contributed by atoms with Crippen molar-refractivity contribution in [2.24, 2.45) is 5.92 Å². The monoisotopic (exact) mass is 259 g/mol. The molecule has 0 bridgehead atoms. The number of alkyl halides is 3. The van der Waals surface area contributed by atoms with Crippen molar-refractivity contribution in [1.29, 1.82) is 0 Å². The number of aromatic nitrogens is 1. The van der Waals surface area contributed by atoms with E-state index in [0.717, 1.165) is 12.3 Å². The minimum absolute atomic E-state index is 0.0867. The predicted octanol–water partition coefficient (Wildman–Crippen LogP) is 1.28.